The van der Waals surface area contributed by atoms with Gasteiger partial charge in [0.1, 0.15) is 11.9 Å². The summed E-state index contributed by atoms with van der Waals surface area (Å²) in [6.07, 6.45) is 2.44. The number of ether oxygens (including phenoxy) is 1. The fraction of sp³-hybridized carbons (Fsp3) is 0.600. The summed E-state index contributed by atoms with van der Waals surface area (Å²) in [4.78, 5) is 2.39. The summed E-state index contributed by atoms with van der Waals surface area (Å²) in [7, 11) is 0. The Balaban J connectivity index is 1.63. The highest BCUT2D eigenvalue weighted by molar-refractivity contribution is 5.37. The molecule has 2 aliphatic heterocycles. The van der Waals surface area contributed by atoms with Gasteiger partial charge in [-0.15, -0.1) is 0 Å². The number of likely N-dealkylation sites (tertiary alicyclic amines) is 1. The monoisotopic (exact) mass is 247 g/mol. The summed E-state index contributed by atoms with van der Waals surface area (Å²) >= 11 is 0. The normalized spacial score (nSPS) is 31.3. The van der Waals surface area contributed by atoms with Gasteiger partial charge in [0.15, 0.2) is 0 Å². The molecule has 0 radical (unpaired) electrons. The second-order valence-electron chi connectivity index (χ2n) is 5.56. The van der Waals surface area contributed by atoms with E-state index in [4.69, 9.17) is 4.74 Å². The molecule has 0 spiro atoms. The minimum atomic E-state index is 0.252. The zero-order valence-electron chi connectivity index (χ0n) is 10.9. The molecule has 1 aromatic rings. The van der Waals surface area contributed by atoms with E-state index in [0.717, 1.165) is 25.3 Å². The summed E-state index contributed by atoms with van der Waals surface area (Å²) in [6.45, 7) is 4.51. The van der Waals surface area contributed by atoms with Gasteiger partial charge in [0.05, 0.1) is 6.61 Å². The number of para-hydroxylation sites is 1. The molecule has 3 rings (SSSR count). The van der Waals surface area contributed by atoms with Crippen LogP contribution in [0.25, 0.3) is 0 Å². The third-order valence-electron chi connectivity index (χ3n) is 4.34. The lowest BCUT2D eigenvalue weighted by Crippen LogP contribution is -2.41. The van der Waals surface area contributed by atoms with Crippen LogP contribution >= 0.6 is 0 Å². The van der Waals surface area contributed by atoms with Crippen molar-refractivity contribution in [2.75, 3.05) is 19.7 Å². The smallest absolute Gasteiger partial charge is 0.123 e. The molecule has 3 nitrogen and oxygen atoms in total. The molecule has 0 saturated carbocycles. The number of fused-ring (bicyclic) bond motifs is 1. The molecule has 3 heteroatoms. The predicted molar refractivity (Wildman–Crippen MR) is 70.8 cm³/mol. The fourth-order valence-corrected chi connectivity index (χ4v) is 3.23. The molecular weight excluding hydrogens is 226 g/mol. The molecule has 0 aromatic heterocycles. The first kappa shape index (κ1) is 12.0. The van der Waals surface area contributed by atoms with Crippen molar-refractivity contribution in [3.8, 4) is 5.75 Å². The number of nitrogens with zero attached hydrogens (tertiary/aromatic N) is 1. The van der Waals surface area contributed by atoms with Crippen molar-refractivity contribution in [2.24, 2.45) is 5.92 Å². The van der Waals surface area contributed by atoms with Gasteiger partial charge in [0, 0.05) is 19.0 Å². The maximum Gasteiger partial charge on any atom is 0.123 e. The van der Waals surface area contributed by atoms with Crippen LogP contribution in [0.5, 0.6) is 5.75 Å². The van der Waals surface area contributed by atoms with Gasteiger partial charge < -0.3 is 9.84 Å². The lowest BCUT2D eigenvalue weighted by Gasteiger charge is -2.27. The molecule has 3 atom stereocenters. The minimum absolute atomic E-state index is 0.252. The molecule has 1 fully saturated rings. The van der Waals surface area contributed by atoms with Crippen LogP contribution in [0.15, 0.2) is 24.3 Å². The number of aliphatic hydroxyl groups excluding tert-OH is 1. The molecular formula is C15H21NO2. The van der Waals surface area contributed by atoms with Crippen LogP contribution in [0.4, 0.5) is 0 Å². The van der Waals surface area contributed by atoms with Crippen molar-refractivity contribution in [3.05, 3.63) is 29.8 Å². The lowest BCUT2D eigenvalue weighted by atomic mass is 10.0. The first-order valence-corrected chi connectivity index (χ1v) is 6.87. The van der Waals surface area contributed by atoms with Gasteiger partial charge in [0.25, 0.3) is 0 Å². The van der Waals surface area contributed by atoms with Gasteiger partial charge >= 0.3 is 0 Å². The van der Waals surface area contributed by atoms with Crippen molar-refractivity contribution >= 4 is 0 Å². The Bertz CT molecular complexity index is 396. The number of benzene rings is 1. The molecule has 18 heavy (non-hydrogen) atoms. The Hall–Kier alpha value is -1.06. The first-order valence-electron chi connectivity index (χ1n) is 6.87. The van der Waals surface area contributed by atoms with E-state index in [1.165, 1.54) is 12.0 Å². The topological polar surface area (TPSA) is 32.7 Å². The molecule has 0 bridgehead atoms. The SMILES string of the molecule is CC1CCN(CC2Cc3ccccc3O2)C1CO. The highest BCUT2D eigenvalue weighted by Crippen LogP contribution is 2.30. The van der Waals surface area contributed by atoms with Crippen LogP contribution in [0.3, 0.4) is 0 Å². The molecule has 1 N–H and O–H groups in total. The van der Waals surface area contributed by atoms with Crippen molar-refractivity contribution in [1.82, 2.24) is 4.90 Å². The largest absolute Gasteiger partial charge is 0.488 e. The van der Waals surface area contributed by atoms with E-state index >= 15 is 0 Å². The molecule has 0 aliphatic carbocycles. The average Bonchev–Trinajstić information content (AvgIpc) is 2.93. The minimum Gasteiger partial charge on any atom is -0.488 e. The van der Waals surface area contributed by atoms with E-state index in [2.05, 4.69) is 24.0 Å². The molecule has 3 unspecified atom stereocenters. The van der Waals surface area contributed by atoms with Crippen LogP contribution in [0.1, 0.15) is 18.9 Å². The Labute approximate surface area is 108 Å². The third kappa shape index (κ3) is 2.13. The number of hydrogen-bond donors (Lipinski definition) is 1. The Morgan fingerprint density at radius 3 is 3.00 bits per heavy atom. The van der Waals surface area contributed by atoms with Gasteiger partial charge in [-0.2, -0.15) is 0 Å². The van der Waals surface area contributed by atoms with E-state index in [0.29, 0.717) is 12.0 Å². The highest BCUT2D eigenvalue weighted by atomic mass is 16.5. The van der Waals surface area contributed by atoms with Crippen molar-refractivity contribution in [2.45, 2.75) is 31.9 Å². The van der Waals surface area contributed by atoms with Crippen LogP contribution in [-0.2, 0) is 6.42 Å². The maximum absolute atomic E-state index is 9.47. The predicted octanol–water partition coefficient (Wildman–Crippen LogP) is 1.69. The van der Waals surface area contributed by atoms with Crippen molar-refractivity contribution in [3.63, 3.8) is 0 Å². The van der Waals surface area contributed by atoms with Gasteiger partial charge in [-0.1, -0.05) is 25.1 Å². The number of rotatable bonds is 3. The molecule has 1 aromatic carbocycles. The van der Waals surface area contributed by atoms with Crippen LogP contribution in [0, 0.1) is 5.92 Å². The van der Waals surface area contributed by atoms with E-state index < -0.39 is 0 Å². The quantitative estimate of drug-likeness (QED) is 0.882. The second kappa shape index (κ2) is 4.90. The summed E-state index contributed by atoms with van der Waals surface area (Å²) in [5.74, 6) is 1.63. The maximum atomic E-state index is 9.47. The van der Waals surface area contributed by atoms with Crippen LogP contribution < -0.4 is 4.74 Å². The lowest BCUT2D eigenvalue weighted by molar-refractivity contribution is 0.0973. The fourth-order valence-electron chi connectivity index (χ4n) is 3.23. The Morgan fingerprint density at radius 1 is 1.39 bits per heavy atom. The van der Waals surface area contributed by atoms with Gasteiger partial charge in [-0.3, -0.25) is 4.90 Å². The third-order valence-corrected chi connectivity index (χ3v) is 4.34. The highest BCUT2D eigenvalue weighted by Gasteiger charge is 2.33. The summed E-state index contributed by atoms with van der Waals surface area (Å²) < 4.78 is 5.97. The second-order valence-corrected chi connectivity index (χ2v) is 5.56. The van der Waals surface area contributed by atoms with Crippen LogP contribution in [0.2, 0.25) is 0 Å². The molecule has 98 valence electrons. The Morgan fingerprint density at radius 2 is 2.22 bits per heavy atom. The standard InChI is InChI=1S/C15H21NO2/c1-11-6-7-16(14(11)10-17)9-13-8-12-4-2-3-5-15(12)18-13/h2-5,11,13-14,17H,6-10H2,1H3. The number of hydrogen-bond acceptors (Lipinski definition) is 3. The average molecular weight is 247 g/mol. The van der Waals surface area contributed by atoms with E-state index in [9.17, 15) is 5.11 Å². The van der Waals surface area contributed by atoms with Crippen molar-refractivity contribution < 1.29 is 9.84 Å². The zero-order valence-corrected chi connectivity index (χ0v) is 10.9. The summed E-state index contributed by atoms with van der Waals surface area (Å²) in [6, 6.07) is 8.60. The van der Waals surface area contributed by atoms with Gasteiger partial charge in [-0.25, -0.2) is 0 Å². The summed E-state index contributed by atoms with van der Waals surface area (Å²) in [5, 5.41) is 9.47. The molecule has 2 heterocycles. The van der Waals surface area contributed by atoms with E-state index in [1.54, 1.807) is 0 Å². The molecule has 2 aliphatic rings. The van der Waals surface area contributed by atoms with E-state index in [1.807, 2.05) is 12.1 Å². The molecule has 1 saturated heterocycles. The van der Waals surface area contributed by atoms with Gasteiger partial charge in [-0.05, 0) is 30.5 Å². The Kier molecular flexibility index (Phi) is 3.27. The number of aliphatic hydroxyl groups is 1. The van der Waals surface area contributed by atoms with Crippen LogP contribution in [-0.4, -0.2) is 41.8 Å². The first-order chi connectivity index (χ1) is 8.78. The summed E-state index contributed by atoms with van der Waals surface area (Å²) in [5.41, 5.74) is 1.32. The van der Waals surface area contributed by atoms with Gasteiger partial charge in [0.2, 0.25) is 0 Å². The molecule has 0 amide bonds. The van der Waals surface area contributed by atoms with Crippen molar-refractivity contribution in [1.29, 1.82) is 0 Å². The zero-order chi connectivity index (χ0) is 12.5. The van der Waals surface area contributed by atoms with E-state index in [-0.39, 0.29) is 12.7 Å².